The Morgan fingerprint density at radius 2 is 1.58 bits per heavy atom. The van der Waals surface area contributed by atoms with Gasteiger partial charge in [0.05, 0.1) is 11.0 Å². The summed E-state index contributed by atoms with van der Waals surface area (Å²) in [7, 11) is 0. The van der Waals surface area contributed by atoms with Crippen molar-refractivity contribution in [1.29, 1.82) is 0 Å². The molecule has 0 radical (unpaired) electrons. The van der Waals surface area contributed by atoms with Gasteiger partial charge in [0.2, 0.25) is 5.91 Å². The van der Waals surface area contributed by atoms with Crippen molar-refractivity contribution in [1.82, 2.24) is 19.4 Å². The molecule has 0 atom stereocenters. The molecule has 0 spiro atoms. The van der Waals surface area contributed by atoms with Crippen molar-refractivity contribution in [2.45, 2.75) is 39.4 Å². The van der Waals surface area contributed by atoms with Crippen LogP contribution >= 0.6 is 11.6 Å². The van der Waals surface area contributed by atoms with E-state index in [1.54, 1.807) is 18.2 Å². The lowest BCUT2D eigenvalue weighted by Crippen LogP contribution is -2.44. The Morgan fingerprint density at radius 1 is 0.970 bits per heavy atom. The Bertz CT molecular complexity index is 1240. The minimum atomic E-state index is -0.666. The Balaban J connectivity index is 1.33. The molecule has 2 heterocycles. The van der Waals surface area contributed by atoms with Crippen LogP contribution in [0.5, 0.6) is 0 Å². The van der Waals surface area contributed by atoms with Crippen LogP contribution in [-0.2, 0) is 24.4 Å². The van der Waals surface area contributed by atoms with Crippen LogP contribution in [0.4, 0.5) is 0 Å². The number of hydrogen-bond donors (Lipinski definition) is 1. The number of nitrogens with zero attached hydrogens (tertiary/aromatic N) is 3. The summed E-state index contributed by atoms with van der Waals surface area (Å²) in [5.41, 5.74) is 1.23. The number of piperidine rings is 1. The molecule has 3 aromatic rings. The third kappa shape index (κ3) is 5.37. The summed E-state index contributed by atoms with van der Waals surface area (Å²) < 4.78 is 2.73. The van der Waals surface area contributed by atoms with Gasteiger partial charge in [-0.2, -0.15) is 0 Å². The summed E-state index contributed by atoms with van der Waals surface area (Å²) in [6, 6.07) is 15.1. The van der Waals surface area contributed by atoms with E-state index in [9.17, 15) is 14.4 Å². The molecule has 0 unspecified atom stereocenters. The highest BCUT2D eigenvalue weighted by atomic mass is 35.5. The number of likely N-dealkylation sites (tertiary alicyclic amines) is 1. The van der Waals surface area contributed by atoms with Gasteiger partial charge in [0.25, 0.3) is 0 Å². The van der Waals surface area contributed by atoms with Gasteiger partial charge in [0.1, 0.15) is 6.54 Å². The van der Waals surface area contributed by atoms with Crippen LogP contribution in [0.2, 0.25) is 5.02 Å². The number of carbonyl (C=O) groups excluding carboxylic acids is 1. The molecule has 33 heavy (non-hydrogen) atoms. The monoisotopic (exact) mass is 468 g/mol. The fourth-order valence-electron chi connectivity index (χ4n) is 4.50. The van der Waals surface area contributed by atoms with Gasteiger partial charge in [-0.25, -0.2) is 0 Å². The standard InChI is InChI=1S/C25H29ClN4O3/c1-2-29-21-5-3-4-6-22(21)30(25(33)24(29)32)17-23(31)27-15-18-11-13-28(14-12-18)16-19-7-9-20(26)10-8-19/h3-10,18H,2,11-17H2,1H3,(H,27,31). The molecule has 1 amide bonds. The molecule has 2 aromatic carbocycles. The molecular weight excluding hydrogens is 440 g/mol. The van der Waals surface area contributed by atoms with Crippen molar-refractivity contribution in [3.8, 4) is 0 Å². The lowest BCUT2D eigenvalue weighted by molar-refractivity contribution is -0.121. The zero-order chi connectivity index (χ0) is 23.4. The quantitative estimate of drug-likeness (QED) is 0.541. The van der Waals surface area contributed by atoms with E-state index in [0.717, 1.165) is 37.5 Å². The predicted octanol–water partition coefficient (Wildman–Crippen LogP) is 2.86. The van der Waals surface area contributed by atoms with Gasteiger partial charge >= 0.3 is 11.1 Å². The fraction of sp³-hybridized carbons (Fsp3) is 0.400. The lowest BCUT2D eigenvalue weighted by atomic mass is 9.96. The smallest absolute Gasteiger partial charge is 0.317 e. The number of carbonyl (C=O) groups is 1. The second-order valence-corrected chi connectivity index (χ2v) is 9.02. The van der Waals surface area contributed by atoms with Gasteiger partial charge in [0, 0.05) is 24.7 Å². The molecule has 4 rings (SSSR count). The first-order valence-corrected chi connectivity index (χ1v) is 11.8. The predicted molar refractivity (Wildman–Crippen MR) is 131 cm³/mol. The molecule has 174 valence electrons. The second-order valence-electron chi connectivity index (χ2n) is 8.58. The molecule has 1 N–H and O–H groups in total. The summed E-state index contributed by atoms with van der Waals surface area (Å²) in [6.45, 7) is 5.49. The first-order valence-electron chi connectivity index (χ1n) is 11.4. The molecule has 0 bridgehead atoms. The fourth-order valence-corrected chi connectivity index (χ4v) is 4.62. The van der Waals surface area contributed by atoms with Crippen molar-refractivity contribution in [3.63, 3.8) is 0 Å². The minimum absolute atomic E-state index is 0.158. The highest BCUT2D eigenvalue weighted by Crippen LogP contribution is 2.19. The Labute approximate surface area is 197 Å². The highest BCUT2D eigenvalue weighted by molar-refractivity contribution is 6.30. The molecule has 0 aliphatic carbocycles. The number of halogens is 1. The maximum atomic E-state index is 12.6. The maximum absolute atomic E-state index is 12.6. The van der Waals surface area contributed by atoms with E-state index in [1.165, 1.54) is 14.7 Å². The number of aryl methyl sites for hydroxylation is 1. The Morgan fingerprint density at radius 3 is 2.21 bits per heavy atom. The van der Waals surface area contributed by atoms with E-state index in [1.807, 2.05) is 25.1 Å². The topological polar surface area (TPSA) is 76.3 Å². The Hall–Kier alpha value is -2.90. The Kier molecular flexibility index (Phi) is 7.30. The van der Waals surface area contributed by atoms with Crippen molar-refractivity contribution in [2.24, 2.45) is 5.92 Å². The zero-order valence-electron chi connectivity index (χ0n) is 18.8. The third-order valence-electron chi connectivity index (χ3n) is 6.37. The van der Waals surface area contributed by atoms with Crippen molar-refractivity contribution < 1.29 is 4.79 Å². The van der Waals surface area contributed by atoms with Crippen LogP contribution in [0.1, 0.15) is 25.3 Å². The van der Waals surface area contributed by atoms with Crippen molar-refractivity contribution in [3.05, 3.63) is 79.8 Å². The lowest BCUT2D eigenvalue weighted by Gasteiger charge is -2.32. The number of hydrogen-bond acceptors (Lipinski definition) is 4. The first kappa shape index (κ1) is 23.3. The van der Waals surface area contributed by atoms with Gasteiger partial charge in [-0.05, 0) is 68.6 Å². The SMILES string of the molecule is CCn1c(=O)c(=O)n(CC(=O)NCC2CCN(Cc3ccc(Cl)cc3)CC2)c2ccccc21. The summed E-state index contributed by atoms with van der Waals surface area (Å²) in [5.74, 6) is 0.150. The van der Waals surface area contributed by atoms with Crippen molar-refractivity contribution in [2.75, 3.05) is 19.6 Å². The number of para-hydroxylation sites is 2. The molecule has 8 heteroatoms. The molecule has 1 saturated heterocycles. The molecule has 1 fully saturated rings. The summed E-state index contributed by atoms with van der Waals surface area (Å²) >= 11 is 5.96. The summed E-state index contributed by atoms with van der Waals surface area (Å²) in [4.78, 5) is 40.2. The number of amides is 1. The molecule has 1 aromatic heterocycles. The van der Waals surface area contributed by atoms with Gasteiger partial charge in [-0.3, -0.25) is 23.9 Å². The van der Waals surface area contributed by atoms with Crippen LogP contribution in [0.15, 0.2) is 58.1 Å². The normalized spacial score (nSPS) is 15.1. The molecule has 0 saturated carbocycles. The average molecular weight is 469 g/mol. The number of rotatable bonds is 7. The summed E-state index contributed by atoms with van der Waals surface area (Å²) in [6.07, 6.45) is 2.01. The number of nitrogens with one attached hydrogen (secondary N) is 1. The van der Waals surface area contributed by atoms with Gasteiger partial charge in [0.15, 0.2) is 0 Å². The van der Waals surface area contributed by atoms with Crippen molar-refractivity contribution >= 4 is 28.5 Å². The van der Waals surface area contributed by atoms with E-state index in [0.29, 0.717) is 30.0 Å². The number of fused-ring (bicyclic) bond motifs is 1. The third-order valence-corrected chi connectivity index (χ3v) is 6.62. The minimum Gasteiger partial charge on any atom is -0.354 e. The van der Waals surface area contributed by atoms with Crippen LogP contribution in [0, 0.1) is 5.92 Å². The van der Waals surface area contributed by atoms with E-state index >= 15 is 0 Å². The van der Waals surface area contributed by atoms with Gasteiger partial charge in [-0.1, -0.05) is 35.9 Å². The highest BCUT2D eigenvalue weighted by Gasteiger charge is 2.20. The second kappa shape index (κ2) is 10.4. The van der Waals surface area contributed by atoms with Crippen LogP contribution < -0.4 is 16.4 Å². The molecule has 7 nitrogen and oxygen atoms in total. The maximum Gasteiger partial charge on any atom is 0.317 e. The van der Waals surface area contributed by atoms with Gasteiger partial charge in [-0.15, -0.1) is 0 Å². The molecular formula is C25H29ClN4O3. The van der Waals surface area contributed by atoms with E-state index in [2.05, 4.69) is 22.3 Å². The van der Waals surface area contributed by atoms with E-state index in [-0.39, 0.29) is 12.5 Å². The van der Waals surface area contributed by atoms with E-state index in [4.69, 9.17) is 11.6 Å². The molecule has 1 aliphatic heterocycles. The van der Waals surface area contributed by atoms with E-state index < -0.39 is 11.1 Å². The first-order chi connectivity index (χ1) is 16.0. The summed E-state index contributed by atoms with van der Waals surface area (Å²) in [5, 5.41) is 3.72. The zero-order valence-corrected chi connectivity index (χ0v) is 19.6. The van der Waals surface area contributed by atoms with Crippen LogP contribution in [0.3, 0.4) is 0 Å². The number of aromatic nitrogens is 2. The largest absolute Gasteiger partial charge is 0.354 e. The van der Waals surface area contributed by atoms with Crippen LogP contribution in [-0.4, -0.2) is 39.6 Å². The number of benzene rings is 2. The van der Waals surface area contributed by atoms with Gasteiger partial charge < -0.3 is 9.88 Å². The van der Waals surface area contributed by atoms with Crippen LogP contribution in [0.25, 0.3) is 11.0 Å². The molecule has 1 aliphatic rings. The average Bonchev–Trinajstić information content (AvgIpc) is 2.83.